The normalized spacial score (nSPS) is 23.8. The predicted octanol–water partition coefficient (Wildman–Crippen LogP) is 1.29. The van der Waals surface area contributed by atoms with Gasteiger partial charge in [0, 0.05) is 56.5 Å². The number of anilines is 1. The first-order valence-corrected chi connectivity index (χ1v) is 8.95. The highest BCUT2D eigenvalue weighted by Crippen LogP contribution is 2.39. The van der Waals surface area contributed by atoms with Crippen molar-refractivity contribution in [3.05, 3.63) is 29.8 Å². The number of ketones is 1. The fraction of sp³-hybridized carbons (Fsp3) is 0.526. The standard InChI is InChI=1S/C19H25N3O3/c1-2-18(24)22-9-7-21(8-10-22)16-6-4-3-5-14(16)15-11-13(19(20)25)12-17(15)23/h3-6,13,15H,2,7-12H2,1H3,(H2,20,25)/t13-,15-/m0/s1. The molecular formula is C19H25N3O3. The average Bonchev–Trinajstić information content (AvgIpc) is 3.03. The average molecular weight is 343 g/mol. The molecule has 1 heterocycles. The summed E-state index contributed by atoms with van der Waals surface area (Å²) in [6.45, 7) is 4.78. The number of benzene rings is 1. The lowest BCUT2D eigenvalue weighted by Crippen LogP contribution is -2.49. The summed E-state index contributed by atoms with van der Waals surface area (Å²) in [4.78, 5) is 39.9. The molecule has 2 N–H and O–H groups in total. The maximum atomic E-state index is 12.4. The molecule has 0 bridgehead atoms. The van der Waals surface area contributed by atoms with Gasteiger partial charge in [-0.25, -0.2) is 0 Å². The van der Waals surface area contributed by atoms with Crippen LogP contribution in [0.4, 0.5) is 5.69 Å². The molecule has 0 unspecified atom stereocenters. The molecule has 1 aliphatic carbocycles. The van der Waals surface area contributed by atoms with Crippen LogP contribution in [0.5, 0.6) is 0 Å². The van der Waals surface area contributed by atoms with E-state index >= 15 is 0 Å². The molecule has 6 heteroatoms. The van der Waals surface area contributed by atoms with Crippen LogP contribution in [-0.4, -0.2) is 48.7 Å². The second-order valence-electron chi connectivity index (χ2n) is 6.84. The van der Waals surface area contributed by atoms with Gasteiger partial charge in [0.2, 0.25) is 11.8 Å². The summed E-state index contributed by atoms with van der Waals surface area (Å²) in [5, 5.41) is 0. The van der Waals surface area contributed by atoms with Crippen molar-refractivity contribution in [1.29, 1.82) is 0 Å². The number of hydrogen-bond donors (Lipinski definition) is 1. The van der Waals surface area contributed by atoms with E-state index in [-0.39, 0.29) is 35.9 Å². The second-order valence-corrected chi connectivity index (χ2v) is 6.84. The molecule has 1 aromatic rings. The first-order chi connectivity index (χ1) is 12.0. The zero-order valence-electron chi connectivity index (χ0n) is 14.6. The van der Waals surface area contributed by atoms with Crippen LogP contribution in [0.25, 0.3) is 0 Å². The minimum atomic E-state index is -0.389. The monoisotopic (exact) mass is 343 g/mol. The van der Waals surface area contributed by atoms with Gasteiger partial charge in [-0.05, 0) is 18.1 Å². The summed E-state index contributed by atoms with van der Waals surface area (Å²) in [6.07, 6.45) is 1.27. The van der Waals surface area contributed by atoms with Crippen LogP contribution in [0.1, 0.15) is 37.7 Å². The Morgan fingerprint density at radius 1 is 1.16 bits per heavy atom. The van der Waals surface area contributed by atoms with Crippen molar-refractivity contribution in [1.82, 2.24) is 4.90 Å². The Morgan fingerprint density at radius 3 is 2.44 bits per heavy atom. The van der Waals surface area contributed by atoms with Crippen LogP contribution >= 0.6 is 0 Å². The molecule has 2 amide bonds. The van der Waals surface area contributed by atoms with Gasteiger partial charge < -0.3 is 15.5 Å². The molecule has 3 rings (SSSR count). The number of carbonyl (C=O) groups excluding carboxylic acids is 3. The minimum Gasteiger partial charge on any atom is -0.369 e. The Balaban J connectivity index is 1.77. The SMILES string of the molecule is CCC(=O)N1CCN(c2ccccc2[C@@H]2C[C@H](C(N)=O)CC2=O)CC1. The molecule has 0 aromatic heterocycles. The maximum Gasteiger partial charge on any atom is 0.222 e. The molecule has 2 fully saturated rings. The number of primary amides is 1. The zero-order valence-corrected chi connectivity index (χ0v) is 14.6. The summed E-state index contributed by atoms with van der Waals surface area (Å²) >= 11 is 0. The van der Waals surface area contributed by atoms with Gasteiger partial charge in [-0.2, -0.15) is 0 Å². The number of rotatable bonds is 4. The molecular weight excluding hydrogens is 318 g/mol. The van der Waals surface area contributed by atoms with Gasteiger partial charge in [0.15, 0.2) is 0 Å². The topological polar surface area (TPSA) is 83.7 Å². The van der Waals surface area contributed by atoms with E-state index in [9.17, 15) is 14.4 Å². The molecule has 2 atom stereocenters. The molecule has 6 nitrogen and oxygen atoms in total. The van der Waals surface area contributed by atoms with Crippen LogP contribution < -0.4 is 10.6 Å². The lowest BCUT2D eigenvalue weighted by atomic mass is 9.93. The van der Waals surface area contributed by atoms with Gasteiger partial charge >= 0.3 is 0 Å². The third kappa shape index (κ3) is 3.52. The highest BCUT2D eigenvalue weighted by atomic mass is 16.2. The summed E-state index contributed by atoms with van der Waals surface area (Å²) in [5.41, 5.74) is 7.41. The van der Waals surface area contributed by atoms with Crippen molar-refractivity contribution in [2.45, 2.75) is 32.1 Å². The van der Waals surface area contributed by atoms with Gasteiger partial charge in [-0.3, -0.25) is 14.4 Å². The van der Waals surface area contributed by atoms with Gasteiger partial charge in [0.25, 0.3) is 0 Å². The largest absolute Gasteiger partial charge is 0.369 e. The first-order valence-electron chi connectivity index (χ1n) is 8.95. The van der Waals surface area contributed by atoms with Gasteiger partial charge in [0.1, 0.15) is 5.78 Å². The number of amides is 2. The predicted molar refractivity (Wildman–Crippen MR) is 95.2 cm³/mol. The quantitative estimate of drug-likeness (QED) is 0.893. The van der Waals surface area contributed by atoms with Crippen LogP contribution in [0, 0.1) is 5.92 Å². The van der Waals surface area contributed by atoms with Crippen molar-refractivity contribution < 1.29 is 14.4 Å². The number of piperazine rings is 1. The number of nitrogens with two attached hydrogens (primary N) is 1. The van der Waals surface area contributed by atoms with Crippen LogP contribution in [-0.2, 0) is 14.4 Å². The maximum absolute atomic E-state index is 12.4. The number of hydrogen-bond acceptors (Lipinski definition) is 4. The van der Waals surface area contributed by atoms with Crippen molar-refractivity contribution in [2.75, 3.05) is 31.1 Å². The van der Waals surface area contributed by atoms with Crippen molar-refractivity contribution in [2.24, 2.45) is 11.7 Å². The molecule has 0 radical (unpaired) electrons. The van der Waals surface area contributed by atoms with Crippen molar-refractivity contribution in [3.8, 4) is 0 Å². The van der Waals surface area contributed by atoms with E-state index in [0.29, 0.717) is 25.9 Å². The fourth-order valence-corrected chi connectivity index (χ4v) is 3.89. The third-order valence-corrected chi connectivity index (χ3v) is 5.35. The Bertz CT molecular complexity index is 680. The third-order valence-electron chi connectivity index (χ3n) is 5.35. The number of carbonyl (C=O) groups is 3. The molecule has 1 saturated heterocycles. The Kier molecular flexibility index (Phi) is 5.06. The molecule has 1 aliphatic heterocycles. The Morgan fingerprint density at radius 2 is 1.84 bits per heavy atom. The molecule has 2 aliphatic rings. The van der Waals surface area contributed by atoms with Crippen molar-refractivity contribution >= 4 is 23.3 Å². The zero-order chi connectivity index (χ0) is 18.0. The number of Topliss-reactive ketones (excluding diaryl/α,β-unsaturated/α-hetero) is 1. The number of nitrogens with zero attached hydrogens (tertiary/aromatic N) is 2. The summed E-state index contributed by atoms with van der Waals surface area (Å²) < 4.78 is 0. The summed E-state index contributed by atoms with van der Waals surface area (Å²) in [7, 11) is 0. The highest BCUT2D eigenvalue weighted by molar-refractivity contribution is 5.95. The van der Waals surface area contributed by atoms with E-state index in [1.807, 2.05) is 36.1 Å². The first kappa shape index (κ1) is 17.5. The van der Waals surface area contributed by atoms with Crippen LogP contribution in [0.3, 0.4) is 0 Å². The summed E-state index contributed by atoms with van der Waals surface area (Å²) in [5.74, 6) is -0.729. The fourth-order valence-electron chi connectivity index (χ4n) is 3.89. The van der Waals surface area contributed by atoms with Gasteiger partial charge in [0.05, 0.1) is 0 Å². The number of para-hydroxylation sites is 1. The molecule has 25 heavy (non-hydrogen) atoms. The van der Waals surface area contributed by atoms with E-state index in [0.717, 1.165) is 24.3 Å². The Hall–Kier alpha value is -2.37. The second kappa shape index (κ2) is 7.25. The van der Waals surface area contributed by atoms with E-state index < -0.39 is 0 Å². The lowest BCUT2D eigenvalue weighted by Gasteiger charge is -2.37. The minimum absolute atomic E-state index is 0.0936. The Labute approximate surface area is 148 Å². The van der Waals surface area contributed by atoms with E-state index in [1.54, 1.807) is 0 Å². The highest BCUT2D eigenvalue weighted by Gasteiger charge is 2.38. The van der Waals surface area contributed by atoms with Crippen molar-refractivity contribution in [3.63, 3.8) is 0 Å². The smallest absolute Gasteiger partial charge is 0.222 e. The van der Waals surface area contributed by atoms with E-state index in [1.165, 1.54) is 0 Å². The molecule has 1 aromatic carbocycles. The van der Waals surface area contributed by atoms with Crippen LogP contribution in [0.2, 0.25) is 0 Å². The summed E-state index contributed by atoms with van der Waals surface area (Å²) in [6, 6.07) is 7.90. The molecule has 0 spiro atoms. The molecule has 1 saturated carbocycles. The van der Waals surface area contributed by atoms with Gasteiger partial charge in [-0.15, -0.1) is 0 Å². The van der Waals surface area contributed by atoms with E-state index in [2.05, 4.69) is 4.90 Å². The lowest BCUT2D eigenvalue weighted by molar-refractivity contribution is -0.131. The van der Waals surface area contributed by atoms with E-state index in [4.69, 9.17) is 5.73 Å². The van der Waals surface area contributed by atoms with Gasteiger partial charge in [-0.1, -0.05) is 25.1 Å². The van der Waals surface area contributed by atoms with Crippen LogP contribution in [0.15, 0.2) is 24.3 Å². The molecule has 134 valence electrons.